The van der Waals surface area contributed by atoms with Gasteiger partial charge in [0.2, 0.25) is 0 Å². The van der Waals surface area contributed by atoms with Crippen LogP contribution in [-0.2, 0) is 15.9 Å². The molecule has 0 radical (unpaired) electrons. The Hall–Kier alpha value is -2.04. The van der Waals surface area contributed by atoms with Gasteiger partial charge in [-0.15, -0.1) is 0 Å². The van der Waals surface area contributed by atoms with Crippen LogP contribution in [0.25, 0.3) is 0 Å². The molecule has 0 aliphatic carbocycles. The van der Waals surface area contributed by atoms with Crippen molar-refractivity contribution >= 4 is 0 Å². The third-order valence-electron chi connectivity index (χ3n) is 5.82. The first kappa shape index (κ1) is 20.2. The molecule has 0 saturated carbocycles. The molecule has 29 heavy (non-hydrogen) atoms. The first-order valence-corrected chi connectivity index (χ1v) is 10.6. The van der Waals surface area contributed by atoms with Gasteiger partial charge in [0.05, 0.1) is 13.2 Å². The summed E-state index contributed by atoms with van der Waals surface area (Å²) in [7, 11) is 0. The van der Waals surface area contributed by atoms with Crippen molar-refractivity contribution in [1.82, 2.24) is 0 Å². The van der Waals surface area contributed by atoms with E-state index in [2.05, 4.69) is 65.8 Å². The molecule has 0 spiro atoms. The van der Waals surface area contributed by atoms with Gasteiger partial charge in [0.1, 0.15) is 35.9 Å². The third-order valence-corrected chi connectivity index (χ3v) is 5.82. The summed E-state index contributed by atoms with van der Waals surface area (Å²) in [6.07, 6.45) is 1.58. The Bertz CT molecular complexity index is 776. The fourth-order valence-electron chi connectivity index (χ4n) is 4.07. The van der Waals surface area contributed by atoms with Gasteiger partial charge in [-0.1, -0.05) is 24.3 Å². The lowest BCUT2D eigenvalue weighted by Crippen LogP contribution is -2.20. The number of aryl methyl sites for hydroxylation is 4. The van der Waals surface area contributed by atoms with Crippen molar-refractivity contribution < 1.29 is 18.9 Å². The smallest absolute Gasteiger partial charge is 0.125 e. The van der Waals surface area contributed by atoms with Gasteiger partial charge in [-0.2, -0.15) is 0 Å². The van der Waals surface area contributed by atoms with Crippen molar-refractivity contribution in [2.24, 2.45) is 0 Å². The van der Waals surface area contributed by atoms with E-state index in [1.165, 1.54) is 33.4 Å². The highest BCUT2D eigenvalue weighted by molar-refractivity contribution is 5.48. The molecule has 0 aromatic heterocycles. The normalized spacial score (nSPS) is 22.1. The maximum absolute atomic E-state index is 6.17. The summed E-state index contributed by atoms with van der Waals surface area (Å²) in [6, 6.07) is 8.96. The summed E-state index contributed by atoms with van der Waals surface area (Å²) in [5.41, 5.74) is 7.32. The monoisotopic (exact) mass is 396 g/mol. The summed E-state index contributed by atoms with van der Waals surface area (Å²) in [5, 5.41) is 0. The van der Waals surface area contributed by atoms with Gasteiger partial charge in [0.25, 0.3) is 0 Å². The summed E-state index contributed by atoms with van der Waals surface area (Å²) < 4.78 is 23.0. The van der Waals surface area contributed by atoms with E-state index in [4.69, 9.17) is 18.9 Å². The third kappa shape index (κ3) is 4.76. The first-order valence-electron chi connectivity index (χ1n) is 10.6. The number of hydrogen-bond acceptors (Lipinski definition) is 4. The van der Waals surface area contributed by atoms with Crippen molar-refractivity contribution in [2.45, 2.75) is 72.4 Å². The lowest BCUT2D eigenvalue weighted by Gasteiger charge is -2.19. The Morgan fingerprint density at radius 1 is 0.724 bits per heavy atom. The molecule has 2 fully saturated rings. The van der Waals surface area contributed by atoms with E-state index in [0.717, 1.165) is 31.1 Å². The molecular weight excluding hydrogens is 364 g/mol. The zero-order chi connectivity index (χ0) is 20.7. The van der Waals surface area contributed by atoms with Crippen LogP contribution >= 0.6 is 0 Å². The summed E-state index contributed by atoms with van der Waals surface area (Å²) in [6.45, 7) is 14.3. The van der Waals surface area contributed by atoms with Crippen LogP contribution in [0.2, 0.25) is 0 Å². The molecule has 0 N–H and O–H groups in total. The zero-order valence-corrected chi connectivity index (χ0v) is 18.4. The maximum Gasteiger partial charge on any atom is 0.125 e. The topological polar surface area (TPSA) is 43.5 Å². The molecule has 2 heterocycles. The second-order valence-electron chi connectivity index (χ2n) is 8.68. The second-order valence-corrected chi connectivity index (χ2v) is 8.68. The lowest BCUT2D eigenvalue weighted by atomic mass is 9.97. The molecule has 4 nitrogen and oxygen atoms in total. The van der Waals surface area contributed by atoms with Gasteiger partial charge in [-0.05, 0) is 81.3 Å². The van der Waals surface area contributed by atoms with Gasteiger partial charge in [0.15, 0.2) is 0 Å². The highest BCUT2D eigenvalue weighted by atomic mass is 16.6. The molecule has 4 heteroatoms. The molecule has 0 amide bonds. The van der Waals surface area contributed by atoms with Crippen molar-refractivity contribution in [3.05, 3.63) is 57.6 Å². The zero-order valence-electron chi connectivity index (χ0n) is 18.4. The Morgan fingerprint density at radius 2 is 1.03 bits per heavy atom. The minimum absolute atomic E-state index is 0.0968. The van der Waals surface area contributed by atoms with Gasteiger partial charge in [0, 0.05) is 0 Å². The molecule has 2 aromatic carbocycles. The van der Waals surface area contributed by atoms with Crippen LogP contribution in [0.4, 0.5) is 0 Å². The Kier molecular flexibility index (Phi) is 5.58. The minimum Gasteiger partial charge on any atom is -0.487 e. The summed E-state index contributed by atoms with van der Waals surface area (Å²) in [4.78, 5) is 0. The molecule has 4 atom stereocenters. The van der Waals surface area contributed by atoms with Crippen molar-refractivity contribution in [2.75, 3.05) is 13.2 Å². The average molecular weight is 397 g/mol. The van der Waals surface area contributed by atoms with Crippen LogP contribution in [0, 0.1) is 27.7 Å². The second kappa shape index (κ2) is 8.00. The number of rotatable bonds is 8. The van der Waals surface area contributed by atoms with Crippen LogP contribution < -0.4 is 9.47 Å². The first-order chi connectivity index (χ1) is 13.8. The number of epoxide rings is 2. The number of ether oxygens (including phenoxy) is 4. The standard InChI is InChI=1S/C25H32O4/c1-14-7-20(8-15(2)24(14)28-18(5)22-12-26-22)11-21-9-16(3)25(17(4)10-21)29-19(6)23-13-27-23/h7-10,18-19,22-23H,11-13H2,1-6H3. The van der Waals surface area contributed by atoms with E-state index in [1.807, 2.05) is 0 Å². The SMILES string of the molecule is Cc1cc(Cc2cc(C)c(OC(C)C3CO3)c(C)c2)cc(C)c1OC(C)C1CO1. The fraction of sp³-hybridized carbons (Fsp3) is 0.520. The van der Waals surface area contributed by atoms with Crippen LogP contribution in [0.3, 0.4) is 0 Å². The van der Waals surface area contributed by atoms with E-state index >= 15 is 0 Å². The number of hydrogen-bond donors (Lipinski definition) is 0. The highest BCUT2D eigenvalue weighted by Crippen LogP contribution is 2.32. The largest absolute Gasteiger partial charge is 0.487 e. The van der Waals surface area contributed by atoms with Crippen molar-refractivity contribution in [3.8, 4) is 11.5 Å². The predicted molar refractivity (Wildman–Crippen MR) is 114 cm³/mol. The Labute approximate surface area is 174 Å². The van der Waals surface area contributed by atoms with Crippen molar-refractivity contribution in [1.29, 1.82) is 0 Å². The molecule has 2 aliphatic rings. The average Bonchev–Trinajstić information content (AvgIpc) is 3.53. The van der Waals surface area contributed by atoms with Crippen LogP contribution in [0.5, 0.6) is 11.5 Å². The van der Waals surface area contributed by atoms with Crippen LogP contribution in [0.15, 0.2) is 24.3 Å². The minimum atomic E-state index is 0.0968. The van der Waals surface area contributed by atoms with E-state index in [1.54, 1.807) is 0 Å². The molecule has 4 rings (SSSR count). The quantitative estimate of drug-likeness (QED) is 0.599. The molecule has 2 saturated heterocycles. The molecule has 4 unspecified atom stereocenters. The van der Waals surface area contributed by atoms with E-state index in [0.29, 0.717) is 0 Å². The maximum atomic E-state index is 6.17. The van der Waals surface area contributed by atoms with Gasteiger partial charge in [-0.25, -0.2) is 0 Å². The molecule has 2 aromatic rings. The Morgan fingerprint density at radius 3 is 1.31 bits per heavy atom. The van der Waals surface area contributed by atoms with E-state index in [9.17, 15) is 0 Å². The van der Waals surface area contributed by atoms with Crippen LogP contribution in [-0.4, -0.2) is 37.6 Å². The molecule has 156 valence electrons. The van der Waals surface area contributed by atoms with Crippen LogP contribution in [0.1, 0.15) is 47.2 Å². The van der Waals surface area contributed by atoms with Gasteiger partial charge >= 0.3 is 0 Å². The predicted octanol–water partition coefficient (Wildman–Crippen LogP) is 4.84. The van der Waals surface area contributed by atoms with Gasteiger partial charge in [-0.3, -0.25) is 0 Å². The van der Waals surface area contributed by atoms with Crippen molar-refractivity contribution in [3.63, 3.8) is 0 Å². The Balaban J connectivity index is 1.49. The molecule has 2 aliphatic heterocycles. The number of benzene rings is 2. The highest BCUT2D eigenvalue weighted by Gasteiger charge is 2.32. The summed E-state index contributed by atoms with van der Waals surface area (Å²) >= 11 is 0. The fourth-order valence-corrected chi connectivity index (χ4v) is 4.07. The van der Waals surface area contributed by atoms with E-state index < -0.39 is 0 Å². The summed E-state index contributed by atoms with van der Waals surface area (Å²) in [5.74, 6) is 1.98. The lowest BCUT2D eigenvalue weighted by molar-refractivity contribution is 0.174. The molecule has 0 bridgehead atoms. The van der Waals surface area contributed by atoms with Gasteiger partial charge < -0.3 is 18.9 Å². The molecular formula is C25H32O4. The van der Waals surface area contributed by atoms with E-state index in [-0.39, 0.29) is 24.4 Å².